The number of nitrogens with one attached hydrogen (secondary N) is 1. The summed E-state index contributed by atoms with van der Waals surface area (Å²) < 4.78 is 4.95. The third-order valence-electron chi connectivity index (χ3n) is 3.82. The van der Waals surface area contributed by atoms with Crippen molar-refractivity contribution in [1.29, 1.82) is 0 Å². The van der Waals surface area contributed by atoms with Crippen molar-refractivity contribution in [2.45, 2.75) is 58.0 Å². The lowest BCUT2D eigenvalue weighted by molar-refractivity contribution is -0.123. The molecule has 2 N–H and O–H groups in total. The van der Waals surface area contributed by atoms with Crippen LogP contribution in [-0.4, -0.2) is 33.3 Å². The van der Waals surface area contributed by atoms with Gasteiger partial charge in [0.15, 0.2) is 5.82 Å². The molecule has 1 amide bonds. The number of rotatable bonds is 5. The molecule has 0 radical (unpaired) electrons. The molecule has 0 spiro atoms. The zero-order valence-corrected chi connectivity index (χ0v) is 12.2. The molecule has 1 fully saturated rings. The molecule has 1 heterocycles. The zero-order chi connectivity index (χ0) is 14.6. The normalized spacial score (nSPS) is 26.4. The summed E-state index contributed by atoms with van der Waals surface area (Å²) in [4.78, 5) is 15.8. The summed E-state index contributed by atoms with van der Waals surface area (Å²) in [5, 5.41) is 16.9. The van der Waals surface area contributed by atoms with Crippen LogP contribution in [0.2, 0.25) is 0 Å². The minimum absolute atomic E-state index is 0.0903. The van der Waals surface area contributed by atoms with Gasteiger partial charge in [-0.05, 0) is 25.7 Å². The summed E-state index contributed by atoms with van der Waals surface area (Å²) >= 11 is 0. The standard InChI is InChI=1S/C14H23N3O3/c1-10-4-3-7-14(19,8-10)9-15-12(18)5-6-13-16-11(2)17-20-13/h10,19H,3-9H2,1-2H3,(H,15,18). The molecule has 6 nitrogen and oxygen atoms in total. The third-order valence-corrected chi connectivity index (χ3v) is 3.82. The van der Waals surface area contributed by atoms with E-state index in [-0.39, 0.29) is 5.91 Å². The maximum absolute atomic E-state index is 11.8. The summed E-state index contributed by atoms with van der Waals surface area (Å²) in [6.07, 6.45) is 4.44. The molecule has 2 rings (SSSR count). The highest BCUT2D eigenvalue weighted by molar-refractivity contribution is 5.76. The molecule has 2 unspecified atom stereocenters. The monoisotopic (exact) mass is 281 g/mol. The molecule has 6 heteroatoms. The van der Waals surface area contributed by atoms with Gasteiger partial charge in [0.2, 0.25) is 11.8 Å². The lowest BCUT2D eigenvalue weighted by Gasteiger charge is -2.35. The third kappa shape index (κ3) is 4.30. The van der Waals surface area contributed by atoms with E-state index in [0.29, 0.717) is 37.0 Å². The van der Waals surface area contributed by atoms with Crippen LogP contribution in [0.4, 0.5) is 0 Å². The van der Waals surface area contributed by atoms with Crippen molar-refractivity contribution in [2.75, 3.05) is 6.54 Å². The Kier molecular flexibility index (Phi) is 4.75. The molecule has 0 saturated heterocycles. The second-order valence-corrected chi connectivity index (χ2v) is 5.94. The fourth-order valence-electron chi connectivity index (χ4n) is 2.81. The number of hydrogen-bond donors (Lipinski definition) is 2. The zero-order valence-electron chi connectivity index (χ0n) is 12.2. The summed E-state index contributed by atoms with van der Waals surface area (Å²) in [6, 6.07) is 0. The summed E-state index contributed by atoms with van der Waals surface area (Å²) in [5.74, 6) is 1.48. The molecule has 1 aromatic rings. The van der Waals surface area contributed by atoms with Crippen LogP contribution < -0.4 is 5.32 Å². The van der Waals surface area contributed by atoms with Gasteiger partial charge in [-0.15, -0.1) is 0 Å². The SMILES string of the molecule is Cc1noc(CCC(=O)NCC2(O)CCCC(C)C2)n1. The first-order valence-electron chi connectivity index (χ1n) is 7.25. The first-order chi connectivity index (χ1) is 9.47. The van der Waals surface area contributed by atoms with E-state index in [4.69, 9.17) is 4.52 Å². The smallest absolute Gasteiger partial charge is 0.227 e. The molecule has 1 aliphatic rings. The Labute approximate surface area is 118 Å². The van der Waals surface area contributed by atoms with Crippen molar-refractivity contribution in [2.24, 2.45) is 5.92 Å². The van der Waals surface area contributed by atoms with E-state index in [0.717, 1.165) is 25.7 Å². The van der Waals surface area contributed by atoms with Crippen LogP contribution in [-0.2, 0) is 11.2 Å². The Bertz CT molecular complexity index is 460. The van der Waals surface area contributed by atoms with E-state index >= 15 is 0 Å². The van der Waals surface area contributed by atoms with Gasteiger partial charge < -0.3 is 14.9 Å². The molecular formula is C14H23N3O3. The number of amides is 1. The molecule has 112 valence electrons. The second-order valence-electron chi connectivity index (χ2n) is 5.94. The Balaban J connectivity index is 1.72. The number of nitrogens with zero attached hydrogens (tertiary/aromatic N) is 2. The van der Waals surface area contributed by atoms with Crippen LogP contribution in [0.25, 0.3) is 0 Å². The molecule has 1 saturated carbocycles. The van der Waals surface area contributed by atoms with Crippen LogP contribution in [0.3, 0.4) is 0 Å². The minimum atomic E-state index is -0.742. The summed E-state index contributed by atoms with van der Waals surface area (Å²) in [5.41, 5.74) is -0.742. The number of hydrogen-bond acceptors (Lipinski definition) is 5. The largest absolute Gasteiger partial charge is 0.388 e. The van der Waals surface area contributed by atoms with Gasteiger partial charge in [0, 0.05) is 19.4 Å². The van der Waals surface area contributed by atoms with Crippen LogP contribution in [0.1, 0.15) is 50.7 Å². The van der Waals surface area contributed by atoms with Gasteiger partial charge in [-0.2, -0.15) is 4.98 Å². The van der Waals surface area contributed by atoms with Gasteiger partial charge in [0.05, 0.1) is 5.60 Å². The quantitative estimate of drug-likeness (QED) is 0.851. The Morgan fingerprint density at radius 3 is 3.05 bits per heavy atom. The molecule has 20 heavy (non-hydrogen) atoms. The van der Waals surface area contributed by atoms with Crippen molar-refractivity contribution in [1.82, 2.24) is 15.5 Å². The van der Waals surface area contributed by atoms with E-state index in [2.05, 4.69) is 22.4 Å². The fraction of sp³-hybridized carbons (Fsp3) is 0.786. The molecule has 2 atom stereocenters. The van der Waals surface area contributed by atoms with E-state index in [1.54, 1.807) is 6.92 Å². The van der Waals surface area contributed by atoms with Crippen LogP contribution in [0, 0.1) is 12.8 Å². The van der Waals surface area contributed by atoms with E-state index < -0.39 is 5.60 Å². The van der Waals surface area contributed by atoms with Crippen LogP contribution in [0.5, 0.6) is 0 Å². The van der Waals surface area contributed by atoms with E-state index in [9.17, 15) is 9.90 Å². The molecular weight excluding hydrogens is 258 g/mol. The lowest BCUT2D eigenvalue weighted by atomic mass is 9.79. The fourth-order valence-corrected chi connectivity index (χ4v) is 2.81. The van der Waals surface area contributed by atoms with Gasteiger partial charge in [-0.25, -0.2) is 0 Å². The van der Waals surface area contributed by atoms with Gasteiger partial charge in [0.25, 0.3) is 0 Å². The topological polar surface area (TPSA) is 88.2 Å². The highest BCUT2D eigenvalue weighted by atomic mass is 16.5. The second kappa shape index (κ2) is 6.35. The average Bonchev–Trinajstić information content (AvgIpc) is 2.80. The van der Waals surface area contributed by atoms with Crippen molar-refractivity contribution in [3.8, 4) is 0 Å². The molecule has 0 bridgehead atoms. The average molecular weight is 281 g/mol. The minimum Gasteiger partial charge on any atom is -0.388 e. The Morgan fingerprint density at radius 2 is 2.40 bits per heavy atom. The molecule has 0 aliphatic heterocycles. The molecule has 1 aromatic heterocycles. The number of aliphatic hydroxyl groups is 1. The Morgan fingerprint density at radius 1 is 1.60 bits per heavy atom. The number of carbonyl (C=O) groups is 1. The maximum Gasteiger partial charge on any atom is 0.227 e. The molecule has 0 aromatic carbocycles. The van der Waals surface area contributed by atoms with Crippen molar-refractivity contribution < 1.29 is 14.4 Å². The predicted octanol–water partition coefficient (Wildman–Crippen LogP) is 1.37. The highest BCUT2D eigenvalue weighted by Crippen LogP contribution is 2.31. The Hall–Kier alpha value is -1.43. The summed E-state index contributed by atoms with van der Waals surface area (Å²) in [6.45, 7) is 4.22. The van der Waals surface area contributed by atoms with Gasteiger partial charge in [0.1, 0.15) is 0 Å². The van der Waals surface area contributed by atoms with Crippen molar-refractivity contribution in [3.05, 3.63) is 11.7 Å². The summed E-state index contributed by atoms with van der Waals surface area (Å²) in [7, 11) is 0. The van der Waals surface area contributed by atoms with Gasteiger partial charge in [-0.3, -0.25) is 4.79 Å². The maximum atomic E-state index is 11.8. The number of aryl methyl sites for hydroxylation is 2. The van der Waals surface area contributed by atoms with E-state index in [1.807, 2.05) is 0 Å². The lowest BCUT2D eigenvalue weighted by Crippen LogP contribution is -2.45. The first-order valence-corrected chi connectivity index (χ1v) is 7.25. The van der Waals surface area contributed by atoms with Crippen LogP contribution in [0.15, 0.2) is 4.52 Å². The number of carbonyl (C=O) groups excluding carboxylic acids is 1. The first kappa shape index (κ1) is 15.0. The van der Waals surface area contributed by atoms with Gasteiger partial charge >= 0.3 is 0 Å². The predicted molar refractivity (Wildman–Crippen MR) is 72.9 cm³/mol. The van der Waals surface area contributed by atoms with E-state index in [1.165, 1.54) is 0 Å². The van der Waals surface area contributed by atoms with Gasteiger partial charge in [-0.1, -0.05) is 24.9 Å². The highest BCUT2D eigenvalue weighted by Gasteiger charge is 2.32. The van der Waals surface area contributed by atoms with Crippen molar-refractivity contribution >= 4 is 5.91 Å². The van der Waals surface area contributed by atoms with Crippen LogP contribution >= 0.6 is 0 Å². The van der Waals surface area contributed by atoms with Crippen molar-refractivity contribution in [3.63, 3.8) is 0 Å². The molecule has 1 aliphatic carbocycles. The number of aromatic nitrogens is 2.